The second kappa shape index (κ2) is 9.57. The minimum absolute atomic E-state index is 0.00188. The Balaban J connectivity index is 1.48. The number of nitrogens with zero attached hydrogens (tertiary/aromatic N) is 2. The number of ether oxygens (including phenoxy) is 2. The number of hydrogen-bond donors (Lipinski definition) is 2. The van der Waals surface area contributed by atoms with E-state index in [1.165, 1.54) is 0 Å². The molecule has 1 aromatic heterocycles. The number of carbonyl (C=O) groups excluding carboxylic acids is 2. The van der Waals surface area contributed by atoms with Gasteiger partial charge in [0.25, 0.3) is 5.91 Å². The third-order valence-electron chi connectivity index (χ3n) is 5.76. The molecule has 0 bridgehead atoms. The minimum atomic E-state index is -0.965. The zero-order valence-electron chi connectivity index (χ0n) is 18.7. The van der Waals surface area contributed by atoms with Crippen molar-refractivity contribution in [2.75, 3.05) is 13.2 Å². The maximum Gasteiger partial charge on any atom is 0.410 e. The number of cyclic esters (lactones) is 1. The number of rotatable bonds is 7. The molecule has 2 atom stereocenters. The van der Waals surface area contributed by atoms with E-state index in [9.17, 15) is 14.7 Å². The molecule has 1 aromatic carbocycles. The van der Waals surface area contributed by atoms with Crippen LogP contribution in [0.15, 0.2) is 36.5 Å². The summed E-state index contributed by atoms with van der Waals surface area (Å²) in [6.07, 6.45) is 2.81. The summed E-state index contributed by atoms with van der Waals surface area (Å²) in [5.41, 5.74) is 0.906. The molecule has 2 N–H and O–H groups in total. The molecule has 2 aliphatic rings. The largest absolute Gasteiger partial charge is 0.490 e. The van der Waals surface area contributed by atoms with E-state index in [0.717, 1.165) is 11.1 Å². The molecule has 176 valence electrons. The van der Waals surface area contributed by atoms with Crippen LogP contribution < -0.4 is 10.1 Å². The van der Waals surface area contributed by atoms with Crippen molar-refractivity contribution < 1.29 is 24.2 Å². The molecule has 2 fully saturated rings. The number of aromatic nitrogens is 1. The van der Waals surface area contributed by atoms with E-state index in [4.69, 9.17) is 21.1 Å². The Hall–Kier alpha value is -2.84. The lowest BCUT2D eigenvalue weighted by Gasteiger charge is -2.33. The van der Waals surface area contributed by atoms with Crippen LogP contribution in [0.5, 0.6) is 5.75 Å². The first-order valence-corrected chi connectivity index (χ1v) is 11.4. The number of fused-ring (bicyclic) bond motifs is 1. The van der Waals surface area contributed by atoms with Crippen LogP contribution in [-0.2, 0) is 17.7 Å². The number of halogens is 1. The molecule has 0 aliphatic carbocycles. The molecule has 9 heteroatoms. The molecule has 33 heavy (non-hydrogen) atoms. The smallest absolute Gasteiger partial charge is 0.410 e. The number of aliphatic hydroxyl groups is 1. The Morgan fingerprint density at radius 2 is 2.12 bits per heavy atom. The quantitative estimate of drug-likeness (QED) is 0.639. The van der Waals surface area contributed by atoms with Gasteiger partial charge in [0.2, 0.25) is 0 Å². The molecule has 0 spiro atoms. The summed E-state index contributed by atoms with van der Waals surface area (Å²) >= 11 is 5.91. The third-order valence-corrected chi connectivity index (χ3v) is 6.01. The molecule has 2 saturated heterocycles. The molecule has 3 heterocycles. The second-order valence-electron chi connectivity index (χ2n) is 9.16. The van der Waals surface area contributed by atoms with Crippen LogP contribution in [0.4, 0.5) is 4.79 Å². The topological polar surface area (TPSA) is 101 Å². The zero-order chi connectivity index (χ0) is 23.6. The maximum atomic E-state index is 12.7. The summed E-state index contributed by atoms with van der Waals surface area (Å²) in [6, 6.07) is 8.86. The lowest BCUT2D eigenvalue weighted by molar-refractivity contribution is 0.0742. The number of nitrogens with one attached hydrogen (secondary N) is 1. The van der Waals surface area contributed by atoms with Gasteiger partial charge in [-0.15, -0.1) is 0 Å². The molecule has 4 rings (SSSR count). The first kappa shape index (κ1) is 23.3. The molecule has 0 unspecified atom stereocenters. The van der Waals surface area contributed by atoms with Crippen molar-refractivity contribution in [3.63, 3.8) is 0 Å². The van der Waals surface area contributed by atoms with Gasteiger partial charge in [-0.3, -0.25) is 9.78 Å². The number of hydrogen-bond acceptors (Lipinski definition) is 6. The molecule has 0 saturated carbocycles. The lowest BCUT2D eigenvalue weighted by Crippen LogP contribution is -2.44. The standard InChI is InChI=1S/C24H28ClN3O5/c1-24(2,31)11-16-13-26-20(22(29)27-12-15-3-5-17(25)6-4-15)10-21(16)33-19-7-8-28-18(9-19)14-32-23(28)30/h3-6,10,13,18-19,31H,7-9,11-12,14H2,1-2H3,(H,27,29)/t18-,19-/m0/s1. The summed E-state index contributed by atoms with van der Waals surface area (Å²) < 4.78 is 11.4. The monoisotopic (exact) mass is 473 g/mol. The van der Waals surface area contributed by atoms with Gasteiger partial charge in [-0.2, -0.15) is 0 Å². The van der Waals surface area contributed by atoms with Gasteiger partial charge < -0.3 is 24.8 Å². The van der Waals surface area contributed by atoms with Gasteiger partial charge in [0.1, 0.15) is 24.2 Å². The van der Waals surface area contributed by atoms with Gasteiger partial charge in [0.05, 0.1) is 11.6 Å². The van der Waals surface area contributed by atoms with Crippen molar-refractivity contribution in [3.8, 4) is 5.75 Å². The Labute approximate surface area is 197 Å². The average Bonchev–Trinajstić information content (AvgIpc) is 3.13. The molecule has 2 amide bonds. The molecule has 0 radical (unpaired) electrons. The fourth-order valence-electron chi connectivity index (χ4n) is 4.12. The van der Waals surface area contributed by atoms with Crippen molar-refractivity contribution in [2.45, 2.75) is 57.4 Å². The van der Waals surface area contributed by atoms with Gasteiger partial charge in [-0.25, -0.2) is 4.79 Å². The van der Waals surface area contributed by atoms with Gasteiger partial charge >= 0.3 is 6.09 Å². The van der Waals surface area contributed by atoms with Crippen LogP contribution in [-0.4, -0.2) is 57.9 Å². The first-order chi connectivity index (χ1) is 15.7. The van der Waals surface area contributed by atoms with Crippen LogP contribution >= 0.6 is 11.6 Å². The number of benzene rings is 1. The van der Waals surface area contributed by atoms with Gasteiger partial charge in [-0.05, 0) is 31.5 Å². The van der Waals surface area contributed by atoms with Crippen molar-refractivity contribution in [3.05, 3.63) is 58.4 Å². The fourth-order valence-corrected chi connectivity index (χ4v) is 4.25. The summed E-state index contributed by atoms with van der Waals surface area (Å²) in [6.45, 7) is 4.69. The van der Waals surface area contributed by atoms with E-state index in [1.54, 1.807) is 43.1 Å². The van der Waals surface area contributed by atoms with Crippen molar-refractivity contribution in [1.29, 1.82) is 0 Å². The normalized spacial score (nSPS) is 20.2. The highest BCUT2D eigenvalue weighted by atomic mass is 35.5. The van der Waals surface area contributed by atoms with Gasteiger partial charge in [0.15, 0.2) is 0 Å². The summed E-state index contributed by atoms with van der Waals surface area (Å²) in [7, 11) is 0. The van der Waals surface area contributed by atoms with Crippen LogP contribution in [0.3, 0.4) is 0 Å². The third kappa shape index (κ3) is 5.94. The fraction of sp³-hybridized carbons (Fsp3) is 0.458. The number of pyridine rings is 1. The van der Waals surface area contributed by atoms with Crippen molar-refractivity contribution in [1.82, 2.24) is 15.2 Å². The van der Waals surface area contributed by atoms with Crippen LogP contribution in [0, 0.1) is 0 Å². The summed E-state index contributed by atoms with van der Waals surface area (Å²) in [5.74, 6) is 0.196. The molecule has 8 nitrogen and oxygen atoms in total. The minimum Gasteiger partial charge on any atom is -0.490 e. The highest BCUT2D eigenvalue weighted by Gasteiger charge is 2.39. The summed E-state index contributed by atoms with van der Waals surface area (Å²) in [4.78, 5) is 30.6. The predicted octanol–water partition coefficient (Wildman–Crippen LogP) is 3.34. The van der Waals surface area contributed by atoms with E-state index >= 15 is 0 Å². The number of amides is 2. The zero-order valence-corrected chi connectivity index (χ0v) is 19.5. The SMILES string of the molecule is CC(C)(O)Cc1cnc(C(=O)NCc2ccc(Cl)cc2)cc1O[C@H]1CCN2C(=O)OC[C@@H]2C1. The Morgan fingerprint density at radius 1 is 1.36 bits per heavy atom. The molecule has 2 aliphatic heterocycles. The highest BCUT2D eigenvalue weighted by Crippen LogP contribution is 2.30. The van der Waals surface area contributed by atoms with E-state index < -0.39 is 5.60 Å². The van der Waals surface area contributed by atoms with Crippen LogP contribution in [0.25, 0.3) is 0 Å². The second-order valence-corrected chi connectivity index (χ2v) is 9.60. The Kier molecular flexibility index (Phi) is 6.76. The molecular formula is C24H28ClN3O5. The molecule has 2 aromatic rings. The van der Waals surface area contributed by atoms with Gasteiger partial charge in [-0.1, -0.05) is 23.7 Å². The van der Waals surface area contributed by atoms with E-state index in [-0.39, 0.29) is 29.8 Å². The van der Waals surface area contributed by atoms with Crippen LogP contribution in [0.1, 0.15) is 48.3 Å². The molecular weight excluding hydrogens is 446 g/mol. The van der Waals surface area contributed by atoms with E-state index in [0.29, 0.717) is 49.7 Å². The van der Waals surface area contributed by atoms with E-state index in [1.807, 2.05) is 12.1 Å². The first-order valence-electron chi connectivity index (χ1n) is 11.0. The van der Waals surface area contributed by atoms with Crippen LogP contribution in [0.2, 0.25) is 5.02 Å². The number of carbonyl (C=O) groups is 2. The van der Waals surface area contributed by atoms with Gasteiger partial charge in [0, 0.05) is 55.2 Å². The average molecular weight is 474 g/mol. The number of piperidine rings is 1. The van der Waals surface area contributed by atoms with Crippen molar-refractivity contribution in [2.24, 2.45) is 0 Å². The predicted molar refractivity (Wildman–Crippen MR) is 122 cm³/mol. The highest BCUT2D eigenvalue weighted by molar-refractivity contribution is 6.30. The van der Waals surface area contributed by atoms with E-state index in [2.05, 4.69) is 10.3 Å². The lowest BCUT2D eigenvalue weighted by atomic mass is 9.98. The summed E-state index contributed by atoms with van der Waals surface area (Å²) in [5, 5.41) is 13.8. The van der Waals surface area contributed by atoms with Crippen molar-refractivity contribution >= 4 is 23.6 Å². The maximum absolute atomic E-state index is 12.7. The Morgan fingerprint density at radius 3 is 2.85 bits per heavy atom. The Bertz CT molecular complexity index is 1020.